The van der Waals surface area contributed by atoms with E-state index in [1.807, 2.05) is 20.8 Å². The number of nitrogens with two attached hydrogens (primary N) is 1. The molecule has 0 saturated carbocycles. The van der Waals surface area contributed by atoms with Gasteiger partial charge in [0.2, 0.25) is 10.0 Å². The summed E-state index contributed by atoms with van der Waals surface area (Å²) in [5, 5.41) is 7.20. The molecule has 0 rings (SSSR count). The van der Waals surface area contributed by atoms with Gasteiger partial charge in [-0.1, -0.05) is 20.8 Å². The van der Waals surface area contributed by atoms with Crippen molar-refractivity contribution in [3.63, 3.8) is 0 Å². The van der Waals surface area contributed by atoms with Crippen molar-refractivity contribution in [2.75, 3.05) is 32.6 Å². The molecule has 0 aliphatic carbocycles. The van der Waals surface area contributed by atoms with Crippen molar-refractivity contribution < 1.29 is 13.2 Å². The second kappa shape index (κ2) is 7.81. The Morgan fingerprint density at radius 1 is 1.32 bits per heavy atom. The van der Waals surface area contributed by atoms with Crippen molar-refractivity contribution in [1.82, 2.24) is 4.31 Å². The summed E-state index contributed by atoms with van der Waals surface area (Å²) in [5.74, 6) is 0.103. The van der Waals surface area contributed by atoms with Gasteiger partial charge in [-0.05, 0) is 11.8 Å². The van der Waals surface area contributed by atoms with Crippen LogP contribution in [0.2, 0.25) is 0 Å². The van der Waals surface area contributed by atoms with Gasteiger partial charge in [-0.15, -0.1) is 0 Å². The average Bonchev–Trinajstić information content (AvgIpc) is 2.25. The topological polar surface area (TPSA) is 96.5 Å². The van der Waals surface area contributed by atoms with Crippen LogP contribution in [-0.4, -0.2) is 51.1 Å². The van der Waals surface area contributed by atoms with Crippen LogP contribution in [0.1, 0.15) is 33.6 Å². The molecule has 0 radical (unpaired) electrons. The molecular weight excluding hydrogens is 266 g/mol. The number of hydrogen-bond acceptors (Lipinski definition) is 4. The Morgan fingerprint density at radius 3 is 2.32 bits per heavy atom. The molecule has 7 heteroatoms. The van der Waals surface area contributed by atoms with Crippen molar-refractivity contribution in [2.45, 2.75) is 33.6 Å². The van der Waals surface area contributed by atoms with Crippen LogP contribution in [0, 0.1) is 10.8 Å². The number of sulfonamides is 1. The number of nitrogens with one attached hydrogen (secondary N) is 1. The molecule has 0 fully saturated rings. The van der Waals surface area contributed by atoms with Gasteiger partial charge in [0.25, 0.3) is 0 Å². The minimum Gasteiger partial charge on any atom is -0.388 e. The number of rotatable bonds is 9. The quantitative estimate of drug-likeness (QED) is 0.490. The van der Waals surface area contributed by atoms with E-state index in [4.69, 9.17) is 15.9 Å². The Bertz CT molecular complexity index is 374. The number of nitrogens with zero attached hydrogens (tertiary/aromatic N) is 1. The van der Waals surface area contributed by atoms with E-state index in [0.29, 0.717) is 19.6 Å². The van der Waals surface area contributed by atoms with E-state index in [1.54, 1.807) is 0 Å². The SMILES string of the molecule is COCCN(CCC(=N)N)S(=O)(=O)CCC(C)(C)C. The highest BCUT2D eigenvalue weighted by Gasteiger charge is 2.24. The summed E-state index contributed by atoms with van der Waals surface area (Å²) >= 11 is 0. The minimum absolute atomic E-state index is 0.00608. The molecule has 0 aromatic rings. The smallest absolute Gasteiger partial charge is 0.214 e. The van der Waals surface area contributed by atoms with Gasteiger partial charge < -0.3 is 10.5 Å². The fourth-order valence-corrected chi connectivity index (χ4v) is 3.24. The first-order valence-electron chi connectivity index (χ1n) is 6.38. The monoisotopic (exact) mass is 293 g/mol. The molecule has 0 saturated heterocycles. The van der Waals surface area contributed by atoms with E-state index in [9.17, 15) is 8.42 Å². The highest BCUT2D eigenvalue weighted by Crippen LogP contribution is 2.20. The molecule has 0 aliphatic heterocycles. The molecule has 3 N–H and O–H groups in total. The Morgan fingerprint density at radius 2 is 1.89 bits per heavy atom. The number of ether oxygens (including phenoxy) is 1. The van der Waals surface area contributed by atoms with E-state index in [-0.39, 0.29) is 30.0 Å². The largest absolute Gasteiger partial charge is 0.388 e. The average molecular weight is 293 g/mol. The number of methoxy groups -OCH3 is 1. The van der Waals surface area contributed by atoms with Crippen molar-refractivity contribution in [3.05, 3.63) is 0 Å². The molecule has 0 aromatic heterocycles. The third kappa shape index (κ3) is 8.96. The molecule has 6 nitrogen and oxygen atoms in total. The molecule has 0 atom stereocenters. The van der Waals surface area contributed by atoms with Crippen LogP contribution in [0.5, 0.6) is 0 Å². The van der Waals surface area contributed by atoms with E-state index >= 15 is 0 Å². The Kier molecular flexibility index (Phi) is 7.54. The Balaban J connectivity index is 4.65. The number of amidine groups is 1. The standard InChI is InChI=1S/C12H27N3O3S/c1-12(2,3)6-10-19(16,17)15(8-9-18-4)7-5-11(13)14/h5-10H2,1-4H3,(H3,13,14). The second-order valence-electron chi connectivity index (χ2n) is 5.79. The first-order valence-corrected chi connectivity index (χ1v) is 7.99. The van der Waals surface area contributed by atoms with E-state index in [0.717, 1.165) is 0 Å². The van der Waals surface area contributed by atoms with E-state index in [1.165, 1.54) is 11.4 Å². The fraction of sp³-hybridized carbons (Fsp3) is 0.917. The van der Waals surface area contributed by atoms with Gasteiger partial charge in [0.15, 0.2) is 0 Å². The molecular formula is C12H27N3O3S. The van der Waals surface area contributed by atoms with E-state index in [2.05, 4.69) is 0 Å². The lowest BCUT2D eigenvalue weighted by Crippen LogP contribution is -2.38. The van der Waals surface area contributed by atoms with Crippen molar-refractivity contribution >= 4 is 15.9 Å². The maximum atomic E-state index is 12.3. The molecule has 0 aromatic carbocycles. The van der Waals surface area contributed by atoms with Crippen LogP contribution in [0.3, 0.4) is 0 Å². The summed E-state index contributed by atoms with van der Waals surface area (Å²) in [6, 6.07) is 0. The van der Waals surface area contributed by atoms with Crippen LogP contribution in [0.25, 0.3) is 0 Å². The van der Waals surface area contributed by atoms with E-state index < -0.39 is 10.0 Å². The molecule has 19 heavy (non-hydrogen) atoms. The molecule has 114 valence electrons. The van der Waals surface area contributed by atoms with Crippen molar-refractivity contribution in [2.24, 2.45) is 11.1 Å². The zero-order valence-electron chi connectivity index (χ0n) is 12.4. The van der Waals surface area contributed by atoms with Gasteiger partial charge >= 0.3 is 0 Å². The zero-order chi connectivity index (χ0) is 15.1. The third-order valence-corrected chi connectivity index (χ3v) is 4.55. The van der Waals surface area contributed by atoms with Crippen LogP contribution in [0.15, 0.2) is 0 Å². The Hall–Kier alpha value is -0.660. The zero-order valence-corrected chi connectivity index (χ0v) is 13.2. The second-order valence-corrected chi connectivity index (χ2v) is 7.88. The first kappa shape index (κ1) is 18.3. The predicted octanol–water partition coefficient (Wildman–Crippen LogP) is 1.03. The van der Waals surface area contributed by atoms with Gasteiger partial charge in [-0.3, -0.25) is 5.41 Å². The molecule has 0 heterocycles. The summed E-state index contributed by atoms with van der Waals surface area (Å²) in [4.78, 5) is 0. The maximum absolute atomic E-state index is 12.3. The molecule has 0 amide bonds. The summed E-state index contributed by atoms with van der Waals surface area (Å²) in [6.45, 7) is 6.92. The normalized spacial score (nSPS) is 12.9. The van der Waals surface area contributed by atoms with Gasteiger partial charge in [-0.25, -0.2) is 8.42 Å². The lowest BCUT2D eigenvalue weighted by molar-refractivity contribution is 0.179. The molecule has 0 unspecified atom stereocenters. The van der Waals surface area contributed by atoms with Gasteiger partial charge in [-0.2, -0.15) is 4.31 Å². The highest BCUT2D eigenvalue weighted by atomic mass is 32.2. The van der Waals surface area contributed by atoms with Crippen LogP contribution < -0.4 is 5.73 Å². The van der Waals surface area contributed by atoms with Crippen LogP contribution in [0.4, 0.5) is 0 Å². The van der Waals surface area contributed by atoms with Crippen molar-refractivity contribution in [1.29, 1.82) is 5.41 Å². The summed E-state index contributed by atoms with van der Waals surface area (Å²) in [5.41, 5.74) is 5.26. The van der Waals surface area contributed by atoms with Gasteiger partial charge in [0.1, 0.15) is 0 Å². The number of hydrogen-bond donors (Lipinski definition) is 2. The molecule has 0 spiro atoms. The summed E-state index contributed by atoms with van der Waals surface area (Å²) in [7, 11) is -1.79. The first-order chi connectivity index (χ1) is 8.58. The van der Waals surface area contributed by atoms with Gasteiger partial charge in [0, 0.05) is 26.6 Å². The minimum atomic E-state index is -3.32. The fourth-order valence-electron chi connectivity index (χ4n) is 1.39. The predicted molar refractivity (Wildman–Crippen MR) is 77.8 cm³/mol. The highest BCUT2D eigenvalue weighted by molar-refractivity contribution is 7.89. The molecule has 0 aliphatic rings. The van der Waals surface area contributed by atoms with Crippen LogP contribution in [-0.2, 0) is 14.8 Å². The lowest BCUT2D eigenvalue weighted by Gasteiger charge is -2.24. The summed E-state index contributed by atoms with van der Waals surface area (Å²) < 4.78 is 30.8. The lowest BCUT2D eigenvalue weighted by atomic mass is 9.94. The van der Waals surface area contributed by atoms with Crippen molar-refractivity contribution in [3.8, 4) is 0 Å². The third-order valence-electron chi connectivity index (χ3n) is 2.68. The Labute approximate surface area is 116 Å². The van der Waals surface area contributed by atoms with Gasteiger partial charge in [0.05, 0.1) is 18.2 Å². The maximum Gasteiger partial charge on any atom is 0.214 e. The summed E-state index contributed by atoms with van der Waals surface area (Å²) in [6.07, 6.45) is 0.845. The molecule has 0 bridgehead atoms. The van der Waals surface area contributed by atoms with Crippen LogP contribution >= 0.6 is 0 Å².